The molecule has 0 saturated carbocycles. The molecule has 0 N–H and O–H groups in total. The lowest BCUT2D eigenvalue weighted by Crippen LogP contribution is -1.97. The minimum Gasteiger partial charge on any atom is -0.0801 e. The van der Waals surface area contributed by atoms with Crippen molar-refractivity contribution < 1.29 is 0 Å². The first-order valence-electron chi connectivity index (χ1n) is 6.41. The Morgan fingerprint density at radius 1 is 0.833 bits per heavy atom. The second-order valence-electron chi connectivity index (χ2n) is 4.64. The number of allylic oxidation sites excluding steroid dienone is 3. The van der Waals surface area contributed by atoms with E-state index in [0.717, 1.165) is 12.8 Å². The van der Waals surface area contributed by atoms with Crippen molar-refractivity contribution >= 4 is 6.08 Å². The second-order valence-corrected chi connectivity index (χ2v) is 4.64. The second kappa shape index (κ2) is 5.05. The Morgan fingerprint density at radius 3 is 2.61 bits per heavy atom. The first kappa shape index (κ1) is 11.0. The van der Waals surface area contributed by atoms with Gasteiger partial charge in [-0.2, -0.15) is 0 Å². The topological polar surface area (TPSA) is 0 Å². The standard InChI is InChI=1S/C18H16/c1-3-8-15(9-4-1)14-17-12-7-11-16-10-5-2-6-13-18(16)17/h1-12H,13-14H2. The quantitative estimate of drug-likeness (QED) is 0.719. The van der Waals surface area contributed by atoms with Crippen LogP contribution < -0.4 is 0 Å². The van der Waals surface area contributed by atoms with Crippen molar-refractivity contribution in [1.29, 1.82) is 0 Å². The number of fused-ring (bicyclic) bond motifs is 1. The Balaban J connectivity index is 1.98. The predicted molar refractivity (Wildman–Crippen MR) is 77.6 cm³/mol. The smallest absolute Gasteiger partial charge is 0.00227 e. The van der Waals surface area contributed by atoms with Crippen LogP contribution in [-0.2, 0) is 12.8 Å². The molecule has 18 heavy (non-hydrogen) atoms. The van der Waals surface area contributed by atoms with Gasteiger partial charge in [-0.1, -0.05) is 72.8 Å². The fourth-order valence-electron chi connectivity index (χ4n) is 2.46. The van der Waals surface area contributed by atoms with Gasteiger partial charge in [-0.15, -0.1) is 0 Å². The molecule has 1 aliphatic rings. The molecular formula is C18H16. The summed E-state index contributed by atoms with van der Waals surface area (Å²) in [5, 5.41) is 0. The lowest BCUT2D eigenvalue weighted by Gasteiger charge is -2.11. The number of hydrogen-bond acceptors (Lipinski definition) is 0. The van der Waals surface area contributed by atoms with Crippen LogP contribution in [-0.4, -0.2) is 0 Å². The van der Waals surface area contributed by atoms with E-state index in [0.29, 0.717) is 0 Å². The summed E-state index contributed by atoms with van der Waals surface area (Å²) in [5.74, 6) is 0. The molecule has 3 rings (SSSR count). The van der Waals surface area contributed by atoms with Gasteiger partial charge >= 0.3 is 0 Å². The van der Waals surface area contributed by atoms with Crippen molar-refractivity contribution in [2.45, 2.75) is 12.8 Å². The summed E-state index contributed by atoms with van der Waals surface area (Å²) < 4.78 is 0. The summed E-state index contributed by atoms with van der Waals surface area (Å²) in [6, 6.07) is 17.3. The molecule has 0 bridgehead atoms. The average Bonchev–Trinajstić information content (AvgIpc) is 2.66. The molecule has 0 amide bonds. The Kier molecular flexibility index (Phi) is 3.10. The normalized spacial score (nSPS) is 13.1. The molecule has 0 heteroatoms. The molecule has 0 unspecified atom stereocenters. The molecule has 0 radical (unpaired) electrons. The third-order valence-corrected chi connectivity index (χ3v) is 3.39. The van der Waals surface area contributed by atoms with Gasteiger partial charge in [-0.05, 0) is 35.1 Å². The van der Waals surface area contributed by atoms with Crippen LogP contribution in [0.4, 0.5) is 0 Å². The first-order valence-corrected chi connectivity index (χ1v) is 6.41. The molecule has 0 spiro atoms. The molecule has 0 nitrogen and oxygen atoms in total. The van der Waals surface area contributed by atoms with Gasteiger partial charge in [0.1, 0.15) is 0 Å². The van der Waals surface area contributed by atoms with Gasteiger partial charge in [-0.25, -0.2) is 0 Å². The van der Waals surface area contributed by atoms with E-state index in [1.165, 1.54) is 22.3 Å². The maximum atomic E-state index is 2.25. The van der Waals surface area contributed by atoms with E-state index in [-0.39, 0.29) is 0 Å². The highest BCUT2D eigenvalue weighted by Crippen LogP contribution is 2.22. The zero-order chi connectivity index (χ0) is 12.2. The van der Waals surface area contributed by atoms with Crippen LogP contribution in [0.2, 0.25) is 0 Å². The van der Waals surface area contributed by atoms with E-state index in [9.17, 15) is 0 Å². The van der Waals surface area contributed by atoms with Gasteiger partial charge in [0.2, 0.25) is 0 Å². The summed E-state index contributed by atoms with van der Waals surface area (Å²) >= 11 is 0. The molecule has 2 aromatic carbocycles. The number of rotatable bonds is 2. The van der Waals surface area contributed by atoms with Crippen LogP contribution >= 0.6 is 0 Å². The molecule has 0 aliphatic heterocycles. The van der Waals surface area contributed by atoms with Crippen LogP contribution in [0, 0.1) is 0 Å². The molecule has 2 aromatic rings. The number of benzene rings is 2. The van der Waals surface area contributed by atoms with E-state index in [4.69, 9.17) is 0 Å². The van der Waals surface area contributed by atoms with Crippen LogP contribution in [0.5, 0.6) is 0 Å². The predicted octanol–water partition coefficient (Wildman–Crippen LogP) is 4.40. The van der Waals surface area contributed by atoms with Gasteiger partial charge in [0.05, 0.1) is 0 Å². The SMILES string of the molecule is C1=CCc2c(cccc2Cc2ccccc2)C=C1. The molecule has 0 fully saturated rings. The van der Waals surface area contributed by atoms with Gasteiger partial charge < -0.3 is 0 Å². The zero-order valence-corrected chi connectivity index (χ0v) is 10.3. The van der Waals surface area contributed by atoms with Crippen molar-refractivity contribution in [3.05, 3.63) is 89.0 Å². The van der Waals surface area contributed by atoms with Crippen molar-refractivity contribution in [2.24, 2.45) is 0 Å². The molecule has 1 aliphatic carbocycles. The molecule has 88 valence electrons. The van der Waals surface area contributed by atoms with Crippen molar-refractivity contribution in [3.63, 3.8) is 0 Å². The molecule has 0 aromatic heterocycles. The van der Waals surface area contributed by atoms with Crippen molar-refractivity contribution in [1.82, 2.24) is 0 Å². The van der Waals surface area contributed by atoms with Gasteiger partial charge in [0.25, 0.3) is 0 Å². The molecule has 0 atom stereocenters. The molecule has 0 heterocycles. The summed E-state index contributed by atoms with van der Waals surface area (Å²) in [7, 11) is 0. The van der Waals surface area contributed by atoms with Crippen LogP contribution in [0.25, 0.3) is 6.08 Å². The Morgan fingerprint density at radius 2 is 1.72 bits per heavy atom. The molecule has 0 saturated heterocycles. The van der Waals surface area contributed by atoms with Crippen LogP contribution in [0.1, 0.15) is 22.3 Å². The summed E-state index contributed by atoms with van der Waals surface area (Å²) in [6.45, 7) is 0. The van der Waals surface area contributed by atoms with E-state index in [1.807, 2.05) is 0 Å². The third-order valence-electron chi connectivity index (χ3n) is 3.39. The van der Waals surface area contributed by atoms with Crippen LogP contribution in [0.15, 0.2) is 66.8 Å². The minimum atomic E-state index is 1.02. The lowest BCUT2D eigenvalue weighted by atomic mass is 9.94. The van der Waals surface area contributed by atoms with E-state index < -0.39 is 0 Å². The zero-order valence-electron chi connectivity index (χ0n) is 10.3. The summed E-state index contributed by atoms with van der Waals surface area (Å²) in [4.78, 5) is 0. The third kappa shape index (κ3) is 2.28. The monoisotopic (exact) mass is 232 g/mol. The highest BCUT2D eigenvalue weighted by atomic mass is 14.1. The summed E-state index contributed by atoms with van der Waals surface area (Å²) in [6.07, 6.45) is 10.7. The van der Waals surface area contributed by atoms with E-state index in [1.54, 1.807) is 0 Å². The van der Waals surface area contributed by atoms with Gasteiger partial charge in [-0.3, -0.25) is 0 Å². The largest absolute Gasteiger partial charge is 0.0801 e. The average molecular weight is 232 g/mol. The van der Waals surface area contributed by atoms with Gasteiger partial charge in [0.15, 0.2) is 0 Å². The number of hydrogen-bond donors (Lipinski definition) is 0. The maximum absolute atomic E-state index is 2.25. The Hall–Kier alpha value is -2.08. The molecular weight excluding hydrogens is 216 g/mol. The van der Waals surface area contributed by atoms with Gasteiger partial charge in [0, 0.05) is 0 Å². The van der Waals surface area contributed by atoms with Crippen LogP contribution in [0.3, 0.4) is 0 Å². The highest BCUT2D eigenvalue weighted by molar-refractivity contribution is 5.59. The highest BCUT2D eigenvalue weighted by Gasteiger charge is 2.07. The van der Waals surface area contributed by atoms with Crippen molar-refractivity contribution in [2.75, 3.05) is 0 Å². The van der Waals surface area contributed by atoms with E-state index >= 15 is 0 Å². The van der Waals surface area contributed by atoms with Crippen molar-refractivity contribution in [3.8, 4) is 0 Å². The minimum absolute atomic E-state index is 1.02. The fourth-order valence-corrected chi connectivity index (χ4v) is 2.46. The summed E-state index contributed by atoms with van der Waals surface area (Å²) in [5.41, 5.74) is 5.64. The Bertz CT molecular complexity index is 589. The maximum Gasteiger partial charge on any atom is -0.00227 e. The fraction of sp³-hybridized carbons (Fsp3) is 0.111. The lowest BCUT2D eigenvalue weighted by molar-refractivity contribution is 1.11. The first-order chi connectivity index (χ1) is 8.93. The van der Waals surface area contributed by atoms with E-state index in [2.05, 4.69) is 72.8 Å². The Labute approximate surface area is 108 Å².